The van der Waals surface area contributed by atoms with Crippen molar-refractivity contribution >= 4 is 5.91 Å². The van der Waals surface area contributed by atoms with E-state index in [9.17, 15) is 14.3 Å². The summed E-state index contributed by atoms with van der Waals surface area (Å²) in [5, 5.41) is 12.5. The third kappa shape index (κ3) is 3.82. The van der Waals surface area contributed by atoms with E-state index in [4.69, 9.17) is 0 Å². The number of hydrogen-bond acceptors (Lipinski definition) is 2. The Hall–Kier alpha value is -1.42. The second-order valence-electron chi connectivity index (χ2n) is 6.99. The molecule has 1 aromatic rings. The first kappa shape index (κ1) is 16.0. The van der Waals surface area contributed by atoms with Gasteiger partial charge in [0.15, 0.2) is 0 Å². The maximum atomic E-state index is 13.0. The lowest BCUT2D eigenvalue weighted by Gasteiger charge is -2.27. The van der Waals surface area contributed by atoms with Crippen molar-refractivity contribution in [2.24, 2.45) is 5.41 Å². The van der Waals surface area contributed by atoms with Gasteiger partial charge in [-0.25, -0.2) is 4.39 Å². The smallest absolute Gasteiger partial charge is 0.230 e. The summed E-state index contributed by atoms with van der Waals surface area (Å²) in [5.41, 5.74) is 0.256. The summed E-state index contributed by atoms with van der Waals surface area (Å²) in [4.78, 5) is 12.5. The summed E-state index contributed by atoms with van der Waals surface area (Å²) in [6.07, 6.45) is 1.86. The molecule has 116 valence electrons. The molecule has 0 aromatic heterocycles. The van der Waals surface area contributed by atoms with Crippen molar-refractivity contribution in [3.63, 3.8) is 0 Å². The van der Waals surface area contributed by atoms with Gasteiger partial charge in [0.05, 0.1) is 11.5 Å². The second-order valence-corrected chi connectivity index (χ2v) is 6.99. The molecule has 0 heterocycles. The van der Waals surface area contributed by atoms with E-state index in [2.05, 4.69) is 5.32 Å². The third-order valence-corrected chi connectivity index (χ3v) is 4.16. The number of nitrogens with one attached hydrogen (secondary N) is 1. The third-order valence-electron chi connectivity index (χ3n) is 4.16. The lowest BCUT2D eigenvalue weighted by Crippen LogP contribution is -2.41. The maximum Gasteiger partial charge on any atom is 0.230 e. The monoisotopic (exact) mass is 293 g/mol. The number of rotatable bonds is 6. The summed E-state index contributed by atoms with van der Waals surface area (Å²) < 4.78 is 13.0. The van der Waals surface area contributed by atoms with Crippen molar-refractivity contribution in [2.45, 2.75) is 51.6 Å². The number of hydrogen-bond donors (Lipinski definition) is 2. The molecular weight excluding hydrogens is 269 g/mol. The Morgan fingerprint density at radius 2 is 1.95 bits per heavy atom. The van der Waals surface area contributed by atoms with E-state index < -0.39 is 5.41 Å². The molecule has 1 saturated carbocycles. The number of benzene rings is 1. The molecule has 1 atom stereocenters. The van der Waals surface area contributed by atoms with Crippen LogP contribution in [0.2, 0.25) is 0 Å². The summed E-state index contributed by atoms with van der Waals surface area (Å²) in [6, 6.07) is 6.20. The zero-order valence-corrected chi connectivity index (χ0v) is 12.9. The molecule has 1 fully saturated rings. The fourth-order valence-electron chi connectivity index (χ4n) is 2.90. The normalized spacial score (nSPS) is 18.1. The van der Waals surface area contributed by atoms with Crippen molar-refractivity contribution in [3.05, 3.63) is 35.6 Å². The molecule has 0 aliphatic heterocycles. The molecule has 1 aliphatic carbocycles. The Morgan fingerprint density at radius 1 is 1.38 bits per heavy atom. The van der Waals surface area contributed by atoms with E-state index in [0.717, 1.165) is 18.4 Å². The van der Waals surface area contributed by atoms with Gasteiger partial charge in [-0.3, -0.25) is 4.79 Å². The Kier molecular flexibility index (Phi) is 4.38. The van der Waals surface area contributed by atoms with Gasteiger partial charge >= 0.3 is 0 Å². The lowest BCUT2D eigenvalue weighted by atomic mass is 9.86. The van der Waals surface area contributed by atoms with E-state index in [-0.39, 0.29) is 23.2 Å². The Bertz CT molecular complexity index is 504. The number of carbonyl (C=O) groups is 1. The van der Waals surface area contributed by atoms with E-state index in [1.54, 1.807) is 19.1 Å². The minimum absolute atomic E-state index is 0.00720. The van der Waals surface area contributed by atoms with Gasteiger partial charge in [-0.2, -0.15) is 0 Å². The highest BCUT2D eigenvalue weighted by Gasteiger charge is 2.51. The highest BCUT2D eigenvalue weighted by molar-refractivity contribution is 5.91. The molecule has 0 radical (unpaired) electrons. The zero-order chi connectivity index (χ0) is 15.7. The molecule has 0 saturated heterocycles. The molecule has 4 heteroatoms. The number of halogens is 1. The van der Waals surface area contributed by atoms with Crippen LogP contribution in [0.1, 0.15) is 45.6 Å². The van der Waals surface area contributed by atoms with Gasteiger partial charge in [0.1, 0.15) is 5.82 Å². The largest absolute Gasteiger partial charge is 0.393 e. The van der Waals surface area contributed by atoms with E-state index in [1.165, 1.54) is 12.1 Å². The van der Waals surface area contributed by atoms with Crippen molar-refractivity contribution in [1.82, 2.24) is 5.32 Å². The Labute approximate surface area is 125 Å². The topological polar surface area (TPSA) is 49.3 Å². The summed E-state index contributed by atoms with van der Waals surface area (Å²) >= 11 is 0. The first-order valence-electron chi connectivity index (χ1n) is 7.48. The molecule has 0 spiro atoms. The molecule has 1 aromatic carbocycles. The minimum atomic E-state index is -0.478. The summed E-state index contributed by atoms with van der Waals surface area (Å²) in [7, 11) is 0. The molecule has 1 aliphatic rings. The number of carbonyl (C=O) groups excluding carboxylic acids is 1. The van der Waals surface area contributed by atoms with Crippen LogP contribution >= 0.6 is 0 Å². The quantitative estimate of drug-likeness (QED) is 0.847. The van der Waals surface area contributed by atoms with Crippen LogP contribution in [0.4, 0.5) is 4.39 Å². The SMILES string of the molecule is CC(O)CC(C)(C)CNC(=O)C1(c2ccc(F)cc2)CC1. The summed E-state index contributed by atoms with van der Waals surface area (Å²) in [5.74, 6) is -0.277. The van der Waals surface area contributed by atoms with Crippen molar-refractivity contribution in [2.75, 3.05) is 6.54 Å². The molecule has 21 heavy (non-hydrogen) atoms. The minimum Gasteiger partial charge on any atom is -0.393 e. The predicted octanol–water partition coefficient (Wildman–Crippen LogP) is 2.77. The molecule has 2 rings (SSSR count). The average Bonchev–Trinajstić information content (AvgIpc) is 3.17. The van der Waals surface area contributed by atoms with Crippen LogP contribution in [-0.2, 0) is 10.2 Å². The lowest BCUT2D eigenvalue weighted by molar-refractivity contribution is -0.124. The first-order valence-corrected chi connectivity index (χ1v) is 7.48. The molecule has 2 N–H and O–H groups in total. The van der Waals surface area contributed by atoms with E-state index in [1.807, 2.05) is 13.8 Å². The van der Waals surface area contributed by atoms with Crippen LogP contribution in [0, 0.1) is 11.2 Å². The number of aliphatic hydroxyl groups is 1. The van der Waals surface area contributed by atoms with Gasteiger partial charge in [0.2, 0.25) is 5.91 Å². The first-order chi connectivity index (χ1) is 9.75. The van der Waals surface area contributed by atoms with Crippen LogP contribution in [0.5, 0.6) is 0 Å². The fourth-order valence-corrected chi connectivity index (χ4v) is 2.90. The van der Waals surface area contributed by atoms with Crippen LogP contribution in [0.3, 0.4) is 0 Å². The Morgan fingerprint density at radius 3 is 2.43 bits per heavy atom. The zero-order valence-electron chi connectivity index (χ0n) is 12.9. The van der Waals surface area contributed by atoms with Crippen LogP contribution in [0.25, 0.3) is 0 Å². The van der Waals surface area contributed by atoms with Gasteiger partial charge in [-0.15, -0.1) is 0 Å². The summed E-state index contributed by atoms with van der Waals surface area (Å²) in [6.45, 7) is 6.33. The van der Waals surface area contributed by atoms with Gasteiger partial charge in [0.25, 0.3) is 0 Å². The number of amides is 1. The van der Waals surface area contributed by atoms with Crippen LogP contribution in [0.15, 0.2) is 24.3 Å². The van der Waals surface area contributed by atoms with Gasteiger partial charge < -0.3 is 10.4 Å². The Balaban J connectivity index is 1.99. The molecular formula is C17H24FNO2. The highest BCUT2D eigenvalue weighted by Crippen LogP contribution is 2.48. The van der Waals surface area contributed by atoms with Crippen molar-refractivity contribution in [3.8, 4) is 0 Å². The number of aliphatic hydroxyl groups excluding tert-OH is 1. The van der Waals surface area contributed by atoms with Gasteiger partial charge in [0, 0.05) is 6.54 Å². The second kappa shape index (κ2) is 5.76. The van der Waals surface area contributed by atoms with Crippen LogP contribution in [-0.4, -0.2) is 23.7 Å². The standard InChI is InChI=1S/C17H24FNO2/c1-12(20)10-16(2,3)11-19-15(21)17(8-9-17)13-4-6-14(18)7-5-13/h4-7,12,20H,8-11H2,1-3H3,(H,19,21). The van der Waals surface area contributed by atoms with Crippen molar-refractivity contribution < 1.29 is 14.3 Å². The van der Waals surface area contributed by atoms with Crippen LogP contribution < -0.4 is 5.32 Å². The molecule has 1 amide bonds. The average molecular weight is 293 g/mol. The molecule has 0 bridgehead atoms. The molecule has 3 nitrogen and oxygen atoms in total. The van der Waals surface area contributed by atoms with Gasteiger partial charge in [-0.1, -0.05) is 26.0 Å². The van der Waals surface area contributed by atoms with E-state index in [0.29, 0.717) is 13.0 Å². The van der Waals surface area contributed by atoms with Gasteiger partial charge in [-0.05, 0) is 49.3 Å². The maximum absolute atomic E-state index is 13.0. The fraction of sp³-hybridized carbons (Fsp3) is 0.588. The predicted molar refractivity (Wildman–Crippen MR) is 80.4 cm³/mol. The molecule has 1 unspecified atom stereocenters. The highest BCUT2D eigenvalue weighted by atomic mass is 19.1. The van der Waals surface area contributed by atoms with Crippen molar-refractivity contribution in [1.29, 1.82) is 0 Å². The van der Waals surface area contributed by atoms with E-state index >= 15 is 0 Å².